The van der Waals surface area contributed by atoms with Gasteiger partial charge in [0, 0.05) is 24.5 Å². The number of nitrogens with one attached hydrogen (secondary N) is 1. The molecule has 0 unspecified atom stereocenters. The maximum Gasteiger partial charge on any atom is 0.339 e. The first kappa shape index (κ1) is 18.5. The van der Waals surface area contributed by atoms with Crippen LogP contribution in [0.5, 0.6) is 0 Å². The van der Waals surface area contributed by atoms with Crippen LogP contribution >= 0.6 is 0 Å². The van der Waals surface area contributed by atoms with E-state index in [1.807, 2.05) is 78.5 Å². The predicted octanol–water partition coefficient (Wildman–Crippen LogP) is 3.59. The van der Waals surface area contributed by atoms with Crippen molar-refractivity contribution in [2.24, 2.45) is 5.73 Å². The molecule has 0 radical (unpaired) electrons. The number of rotatable bonds is 7. The van der Waals surface area contributed by atoms with Crippen molar-refractivity contribution in [1.82, 2.24) is 4.57 Å². The zero-order chi connectivity index (χ0) is 19.2. The zero-order valence-electron chi connectivity index (χ0n) is 15.3. The van der Waals surface area contributed by atoms with Gasteiger partial charge in [-0.2, -0.15) is 0 Å². The lowest BCUT2D eigenvalue weighted by molar-refractivity contribution is 0.0525. The summed E-state index contributed by atoms with van der Waals surface area (Å²) in [5, 5.41) is 7.47. The van der Waals surface area contributed by atoms with Crippen molar-refractivity contribution in [3.8, 4) is 0 Å². The third kappa shape index (κ3) is 4.64. The van der Waals surface area contributed by atoms with Crippen molar-refractivity contribution in [2.45, 2.75) is 19.9 Å². The van der Waals surface area contributed by atoms with Crippen molar-refractivity contribution in [1.29, 1.82) is 5.41 Å². The third-order valence-electron chi connectivity index (χ3n) is 4.33. The Hall–Kier alpha value is -3.34. The van der Waals surface area contributed by atoms with E-state index in [1.54, 1.807) is 0 Å². The van der Waals surface area contributed by atoms with E-state index in [1.165, 1.54) is 0 Å². The molecule has 0 aliphatic heterocycles. The van der Waals surface area contributed by atoms with E-state index in [9.17, 15) is 4.79 Å². The summed E-state index contributed by atoms with van der Waals surface area (Å²) in [5.41, 5.74) is 9.95. The summed E-state index contributed by atoms with van der Waals surface area (Å²) in [5.74, 6) is -0.244. The Morgan fingerprint density at radius 2 is 1.74 bits per heavy atom. The summed E-state index contributed by atoms with van der Waals surface area (Å²) in [6, 6.07) is 17.6. The van der Waals surface area contributed by atoms with Crippen molar-refractivity contribution >= 4 is 11.8 Å². The van der Waals surface area contributed by atoms with Gasteiger partial charge in [0.25, 0.3) is 0 Å². The molecule has 3 rings (SSSR count). The van der Waals surface area contributed by atoms with Gasteiger partial charge in [0.2, 0.25) is 0 Å². The second-order valence-electron chi connectivity index (χ2n) is 6.36. The number of nitrogens with zero attached hydrogens (tertiary/aromatic N) is 1. The van der Waals surface area contributed by atoms with Gasteiger partial charge in [-0.1, -0.05) is 54.6 Å². The van der Waals surface area contributed by atoms with Crippen LogP contribution < -0.4 is 5.73 Å². The molecule has 3 aromatic rings. The Bertz CT molecular complexity index is 928. The standard InChI is InChI=1S/C22H23N3O2/c1-2-27-22(26)20-15-25(13-17-8-10-18(11-9-17)21(23)24)14-19(20)12-16-6-4-3-5-7-16/h3-11,14-15H,2,12-13H2,1H3,(H3,23,24). The molecule has 0 aliphatic rings. The van der Waals surface area contributed by atoms with E-state index >= 15 is 0 Å². The van der Waals surface area contributed by atoms with E-state index in [0.29, 0.717) is 30.7 Å². The Kier molecular flexibility index (Phi) is 5.71. The molecule has 0 bridgehead atoms. The van der Waals surface area contributed by atoms with E-state index < -0.39 is 0 Å². The molecule has 5 heteroatoms. The lowest BCUT2D eigenvalue weighted by Crippen LogP contribution is -2.10. The van der Waals surface area contributed by atoms with Gasteiger partial charge < -0.3 is 15.0 Å². The molecule has 0 fully saturated rings. The maximum atomic E-state index is 12.4. The van der Waals surface area contributed by atoms with Gasteiger partial charge in [0.1, 0.15) is 5.84 Å². The minimum absolute atomic E-state index is 0.0530. The van der Waals surface area contributed by atoms with Crippen molar-refractivity contribution in [2.75, 3.05) is 6.61 Å². The minimum Gasteiger partial charge on any atom is -0.462 e. The summed E-state index contributed by atoms with van der Waals surface area (Å²) in [4.78, 5) is 12.4. The number of nitrogen functional groups attached to an aromatic ring is 1. The van der Waals surface area contributed by atoms with Crippen LogP contribution in [0.1, 0.15) is 39.5 Å². The zero-order valence-corrected chi connectivity index (χ0v) is 15.3. The fraction of sp³-hybridized carbons (Fsp3) is 0.182. The highest BCUT2D eigenvalue weighted by Gasteiger charge is 2.16. The molecule has 1 aromatic heterocycles. The number of ether oxygens (including phenoxy) is 1. The highest BCUT2D eigenvalue weighted by Crippen LogP contribution is 2.18. The van der Waals surface area contributed by atoms with Crippen molar-refractivity contribution < 1.29 is 9.53 Å². The number of nitrogens with two attached hydrogens (primary N) is 1. The lowest BCUT2D eigenvalue weighted by atomic mass is 10.0. The number of benzene rings is 2. The minimum atomic E-state index is -0.297. The molecular formula is C22H23N3O2. The molecule has 2 aromatic carbocycles. The van der Waals surface area contributed by atoms with Gasteiger partial charge >= 0.3 is 5.97 Å². The number of carbonyl (C=O) groups is 1. The topological polar surface area (TPSA) is 81.1 Å². The average molecular weight is 361 g/mol. The number of carbonyl (C=O) groups excluding carboxylic acids is 1. The van der Waals surface area contributed by atoms with Crippen LogP contribution in [0, 0.1) is 5.41 Å². The number of amidine groups is 1. The van der Waals surface area contributed by atoms with E-state index in [0.717, 1.165) is 16.7 Å². The summed E-state index contributed by atoms with van der Waals surface area (Å²) in [6.07, 6.45) is 4.51. The largest absolute Gasteiger partial charge is 0.462 e. The van der Waals surface area contributed by atoms with Crippen LogP contribution in [0.2, 0.25) is 0 Å². The highest BCUT2D eigenvalue weighted by molar-refractivity contribution is 5.94. The molecule has 5 nitrogen and oxygen atoms in total. The molecule has 0 amide bonds. The van der Waals surface area contributed by atoms with E-state index in [2.05, 4.69) is 0 Å². The Morgan fingerprint density at radius 1 is 1.04 bits per heavy atom. The molecule has 1 heterocycles. The first-order chi connectivity index (χ1) is 13.1. The van der Waals surface area contributed by atoms with Gasteiger partial charge in [-0.25, -0.2) is 4.79 Å². The first-order valence-electron chi connectivity index (χ1n) is 8.90. The predicted molar refractivity (Wildman–Crippen MR) is 106 cm³/mol. The van der Waals surface area contributed by atoms with Crippen LogP contribution in [0.3, 0.4) is 0 Å². The SMILES string of the molecule is CCOC(=O)c1cn(Cc2ccc(C(=N)N)cc2)cc1Cc1ccccc1. The number of aromatic nitrogens is 1. The first-order valence-corrected chi connectivity index (χ1v) is 8.90. The molecule has 27 heavy (non-hydrogen) atoms. The van der Waals surface area contributed by atoms with Crippen molar-refractivity contribution in [3.05, 3.63) is 94.8 Å². The van der Waals surface area contributed by atoms with Gasteiger partial charge in [0.15, 0.2) is 0 Å². The highest BCUT2D eigenvalue weighted by atomic mass is 16.5. The van der Waals surface area contributed by atoms with Crippen LogP contribution in [0.25, 0.3) is 0 Å². The second-order valence-corrected chi connectivity index (χ2v) is 6.36. The quantitative estimate of drug-likeness (QED) is 0.383. The molecule has 0 aliphatic carbocycles. The molecule has 0 saturated heterocycles. The molecule has 138 valence electrons. The second kappa shape index (κ2) is 8.36. The summed E-state index contributed by atoms with van der Waals surface area (Å²) < 4.78 is 7.22. The fourth-order valence-electron chi connectivity index (χ4n) is 3.00. The molecular weight excluding hydrogens is 338 g/mol. The number of hydrogen-bond donors (Lipinski definition) is 2. The van der Waals surface area contributed by atoms with Crippen LogP contribution in [0.4, 0.5) is 0 Å². The van der Waals surface area contributed by atoms with E-state index in [-0.39, 0.29) is 11.8 Å². The van der Waals surface area contributed by atoms with Crippen molar-refractivity contribution in [3.63, 3.8) is 0 Å². The Labute approximate surface area is 158 Å². The van der Waals surface area contributed by atoms with Gasteiger partial charge in [-0.05, 0) is 30.0 Å². The summed E-state index contributed by atoms with van der Waals surface area (Å²) >= 11 is 0. The van der Waals surface area contributed by atoms with Gasteiger partial charge in [-0.3, -0.25) is 5.41 Å². The van der Waals surface area contributed by atoms with Crippen LogP contribution in [-0.4, -0.2) is 23.0 Å². The van der Waals surface area contributed by atoms with Gasteiger partial charge in [-0.15, -0.1) is 0 Å². The normalized spacial score (nSPS) is 10.6. The molecule has 0 atom stereocenters. The monoisotopic (exact) mass is 361 g/mol. The average Bonchev–Trinajstić information content (AvgIpc) is 3.05. The maximum absolute atomic E-state index is 12.4. The molecule has 0 saturated carbocycles. The summed E-state index contributed by atoms with van der Waals surface area (Å²) in [7, 11) is 0. The molecule has 3 N–H and O–H groups in total. The Balaban J connectivity index is 1.85. The van der Waals surface area contributed by atoms with Crippen LogP contribution in [0.15, 0.2) is 67.0 Å². The fourth-order valence-corrected chi connectivity index (χ4v) is 3.00. The smallest absolute Gasteiger partial charge is 0.339 e. The molecule has 0 spiro atoms. The Morgan fingerprint density at radius 3 is 2.37 bits per heavy atom. The third-order valence-corrected chi connectivity index (χ3v) is 4.33. The van der Waals surface area contributed by atoms with E-state index in [4.69, 9.17) is 15.9 Å². The van der Waals surface area contributed by atoms with Gasteiger partial charge in [0.05, 0.1) is 12.2 Å². The summed E-state index contributed by atoms with van der Waals surface area (Å²) in [6.45, 7) is 2.78. The number of hydrogen-bond acceptors (Lipinski definition) is 3. The lowest BCUT2D eigenvalue weighted by Gasteiger charge is -2.05. The van der Waals surface area contributed by atoms with Crippen LogP contribution in [-0.2, 0) is 17.7 Å². The number of esters is 1.